The van der Waals surface area contributed by atoms with Gasteiger partial charge in [0.05, 0.1) is 38.9 Å². The van der Waals surface area contributed by atoms with E-state index in [9.17, 15) is 8.22 Å². The van der Waals surface area contributed by atoms with E-state index in [1.54, 1.807) is 4.57 Å². The molecule has 376 valence electrons. The zero-order valence-electron chi connectivity index (χ0n) is 52.3. The van der Waals surface area contributed by atoms with Crippen LogP contribution >= 0.6 is 0 Å². The lowest BCUT2D eigenvalue weighted by Gasteiger charge is -2.43. The summed E-state index contributed by atoms with van der Waals surface area (Å²) in [7, 11) is 0. The van der Waals surface area contributed by atoms with E-state index in [4.69, 9.17) is 2.74 Å². The smallest absolute Gasteiger partial charge is 0.252 e. The second-order valence-electron chi connectivity index (χ2n) is 22.2. The Hall–Kier alpha value is -9.90. The molecule has 0 amide bonds. The maximum atomic E-state index is 9.89. The lowest BCUT2D eigenvalue weighted by atomic mass is 9.33. The Morgan fingerprint density at radius 1 is 0.362 bits per heavy atom. The molecule has 14 aromatic rings. The first-order valence-corrected chi connectivity index (χ1v) is 27.4. The molecular weight excluding hydrogens is 966 g/mol. The van der Waals surface area contributed by atoms with Crippen molar-refractivity contribution in [2.24, 2.45) is 0 Å². The van der Waals surface area contributed by atoms with Gasteiger partial charge in [-0.2, -0.15) is 0 Å². The van der Waals surface area contributed by atoms with Crippen LogP contribution in [0.2, 0.25) is 0 Å². The normalized spacial score (nSPS) is 14.0. The Morgan fingerprint density at radius 3 is 1.48 bits per heavy atom. The van der Waals surface area contributed by atoms with Crippen LogP contribution in [0.15, 0.2) is 273 Å². The highest BCUT2D eigenvalue weighted by Gasteiger charge is 2.44. The molecule has 0 aliphatic carbocycles. The molecule has 80 heavy (non-hydrogen) atoms. The van der Waals surface area contributed by atoms with E-state index < -0.39 is 43.0 Å². The number of aromatic nitrogens is 2. The monoisotopic (exact) mass is 1030 g/mol. The Balaban J connectivity index is 1.22. The topological polar surface area (TPSA) is 13.1 Å². The maximum absolute atomic E-state index is 9.89. The molecule has 4 heterocycles. The highest BCUT2D eigenvalue weighted by atomic mass is 15.2. The molecule has 2 aliphatic heterocycles. The third-order valence-electron chi connectivity index (χ3n) is 16.7. The van der Waals surface area contributed by atoms with E-state index in [2.05, 4.69) is 243 Å². The lowest BCUT2D eigenvalue weighted by Crippen LogP contribution is -2.60. The summed E-state index contributed by atoms with van der Waals surface area (Å²) in [5.74, 6) is 0. The van der Waals surface area contributed by atoms with Gasteiger partial charge in [-0.25, -0.2) is 0 Å². The minimum absolute atomic E-state index is 0.0115. The Morgan fingerprint density at radius 2 is 0.875 bits per heavy atom. The van der Waals surface area contributed by atoms with Gasteiger partial charge in [0.1, 0.15) is 0 Å². The van der Waals surface area contributed by atoms with Crippen LogP contribution < -0.4 is 21.3 Å². The van der Waals surface area contributed by atoms with Crippen LogP contribution in [0.1, 0.15) is 37.3 Å². The van der Waals surface area contributed by atoms with E-state index >= 15 is 0 Å². The van der Waals surface area contributed by atoms with Crippen LogP contribution in [0.25, 0.3) is 110 Å². The predicted octanol–water partition coefficient (Wildman–Crippen LogP) is 18.2. The largest absolute Gasteiger partial charge is 0.310 e. The first-order chi connectivity index (χ1) is 42.7. The average Bonchev–Trinajstić information content (AvgIpc) is 1.13. The van der Waals surface area contributed by atoms with Crippen molar-refractivity contribution in [3.8, 4) is 44.8 Å². The molecule has 12 aromatic carbocycles. The zero-order valence-corrected chi connectivity index (χ0v) is 44.3. The van der Waals surface area contributed by atoms with Gasteiger partial charge in [0.15, 0.2) is 0 Å². The Bertz CT molecular complexity index is 5290. The quantitative estimate of drug-likeness (QED) is 0.157. The number of benzene rings is 12. The fourth-order valence-corrected chi connectivity index (χ4v) is 13.2. The molecule has 0 atom stereocenters. The van der Waals surface area contributed by atoms with Gasteiger partial charge >= 0.3 is 0 Å². The summed E-state index contributed by atoms with van der Waals surface area (Å²) in [6.07, 6.45) is 0. The minimum atomic E-state index is -0.497. The van der Waals surface area contributed by atoms with E-state index in [1.807, 2.05) is 12.1 Å². The van der Waals surface area contributed by atoms with Gasteiger partial charge in [-0.1, -0.05) is 251 Å². The minimum Gasteiger partial charge on any atom is -0.310 e. The second-order valence-corrected chi connectivity index (χ2v) is 22.2. The van der Waals surface area contributed by atoms with Crippen molar-refractivity contribution < 1.29 is 11.0 Å². The average molecular weight is 1030 g/mol. The molecule has 0 N–H and O–H groups in total. The third kappa shape index (κ3) is 6.95. The van der Waals surface area contributed by atoms with E-state index in [1.165, 1.54) is 0 Å². The summed E-state index contributed by atoms with van der Waals surface area (Å²) in [6, 6.07) is 76.4. The molecule has 0 radical (unpaired) electrons. The van der Waals surface area contributed by atoms with Crippen LogP contribution in [0.3, 0.4) is 0 Å². The SMILES string of the molecule is [2H]c1c([2H])c([2H])c2c(c1[2H])c1c([2H])c([2H])c([2H])c([2H])c1n2-c1cc2c3c(c1)-n1c4ccccc4c4ccccc4c4ccccc4c4cc(-c5ccccc5)cc(c41)B3c1ccc(C(C)(C)C)cc1N2c1c(-c2ccccc2)cccc1-c1ccccc1. The van der Waals surface area contributed by atoms with Crippen molar-refractivity contribution in [1.29, 1.82) is 0 Å². The van der Waals surface area contributed by atoms with Gasteiger partial charge in [0, 0.05) is 55.3 Å². The van der Waals surface area contributed by atoms with Gasteiger partial charge in [0.25, 0.3) is 6.71 Å². The number of hydrogen-bond donors (Lipinski definition) is 0. The van der Waals surface area contributed by atoms with Gasteiger partial charge in [-0.3, -0.25) is 0 Å². The number of fused-ring (bicyclic) bond motifs is 14. The van der Waals surface area contributed by atoms with Crippen molar-refractivity contribution in [3.63, 3.8) is 0 Å². The molecule has 16 rings (SSSR count). The fourth-order valence-electron chi connectivity index (χ4n) is 13.2. The highest BCUT2D eigenvalue weighted by Crippen LogP contribution is 2.50. The summed E-state index contributed by atoms with van der Waals surface area (Å²) in [6.45, 7) is 6.29. The van der Waals surface area contributed by atoms with Crippen LogP contribution in [-0.4, -0.2) is 15.8 Å². The lowest BCUT2D eigenvalue weighted by molar-refractivity contribution is 0.590. The molecule has 2 aromatic heterocycles. The summed E-state index contributed by atoms with van der Waals surface area (Å²) >= 11 is 0. The van der Waals surface area contributed by atoms with Gasteiger partial charge in [0.2, 0.25) is 0 Å². The molecule has 0 unspecified atom stereocenters. The number of rotatable bonds is 5. The molecule has 0 spiro atoms. The zero-order chi connectivity index (χ0) is 60.2. The fraction of sp³-hybridized carbons (Fsp3) is 0.0526. The van der Waals surface area contributed by atoms with Crippen molar-refractivity contribution in [1.82, 2.24) is 9.13 Å². The van der Waals surface area contributed by atoms with Crippen LogP contribution in [-0.2, 0) is 5.41 Å². The molecule has 0 fully saturated rings. The molecule has 0 bridgehead atoms. The maximum Gasteiger partial charge on any atom is 0.252 e. The van der Waals surface area contributed by atoms with Crippen molar-refractivity contribution >= 4 is 105 Å². The first-order valence-electron chi connectivity index (χ1n) is 31.4. The predicted molar refractivity (Wildman–Crippen MR) is 342 cm³/mol. The number of anilines is 3. The van der Waals surface area contributed by atoms with Gasteiger partial charge < -0.3 is 14.0 Å². The highest BCUT2D eigenvalue weighted by molar-refractivity contribution is 7.00. The summed E-state index contributed by atoms with van der Waals surface area (Å²) in [5, 5.41) is 6.25. The number of nitrogens with zero attached hydrogens (tertiary/aromatic N) is 3. The molecule has 2 aliphatic rings. The van der Waals surface area contributed by atoms with E-state index in [0.717, 1.165) is 121 Å². The summed E-state index contributed by atoms with van der Waals surface area (Å²) in [4.78, 5) is 2.42. The number of hydrogen-bond acceptors (Lipinski definition) is 1. The van der Waals surface area contributed by atoms with E-state index in [0.29, 0.717) is 5.69 Å². The summed E-state index contributed by atoms with van der Waals surface area (Å²) < 4.78 is 79.8. The van der Waals surface area contributed by atoms with Crippen LogP contribution in [0.4, 0.5) is 17.1 Å². The Kier molecular flexibility index (Phi) is 8.60. The third-order valence-corrected chi connectivity index (χ3v) is 16.7. The van der Waals surface area contributed by atoms with Crippen molar-refractivity contribution in [2.45, 2.75) is 26.2 Å². The van der Waals surface area contributed by atoms with Gasteiger partial charge in [-0.15, -0.1) is 0 Å². The second kappa shape index (κ2) is 17.8. The Labute approximate surface area is 477 Å². The van der Waals surface area contributed by atoms with Crippen LogP contribution in [0, 0.1) is 0 Å². The van der Waals surface area contributed by atoms with Gasteiger partial charge in [-0.05, 0) is 114 Å². The molecule has 0 saturated carbocycles. The van der Waals surface area contributed by atoms with Crippen LogP contribution in [0.5, 0.6) is 0 Å². The molecule has 0 saturated heterocycles. The number of para-hydroxylation sites is 4. The first kappa shape index (κ1) is 38.6. The molecule has 4 heteroatoms. The molecular formula is C76H54BN3. The molecule has 3 nitrogen and oxygen atoms in total. The standard InChI is InChI=1S/C76H54BN3/c1-76(2,3)53-42-43-65-70(46-53)80(74-55(50-26-9-5-10-27-50)37-23-38-56(74)51-28-11-6-12-29-51)72-48-54(78-67-39-20-18-35-62(67)63-36-19-21-40-68(63)78)47-71-73(72)77(65)66-45-52(49-24-7-4-8-25-49)44-64-60-33-16-14-31-58(60)57-30-13-15-32-59(57)61-34-17-22-41-69(61)79(71)75(64)66/h4-48H,1-3H3/i18D,19D,20D,21D,35D,36D,39D,40D. The van der Waals surface area contributed by atoms with Crippen molar-refractivity contribution in [3.05, 3.63) is 278 Å². The van der Waals surface area contributed by atoms with Crippen molar-refractivity contribution in [2.75, 3.05) is 4.90 Å². The summed E-state index contributed by atoms with van der Waals surface area (Å²) in [5.41, 5.74) is 15.8. The van der Waals surface area contributed by atoms with E-state index in [-0.39, 0.29) is 39.3 Å².